The molecule has 7 heteroatoms. The van der Waals surface area contributed by atoms with Gasteiger partial charge in [-0.2, -0.15) is 0 Å². The number of carboxylic acid groups (broad SMARTS) is 1. The summed E-state index contributed by atoms with van der Waals surface area (Å²) >= 11 is 1.42. The highest BCUT2D eigenvalue weighted by Gasteiger charge is 2.45. The van der Waals surface area contributed by atoms with Gasteiger partial charge in [-0.1, -0.05) is 35.6 Å². The van der Waals surface area contributed by atoms with Gasteiger partial charge in [0.2, 0.25) is 5.91 Å². The second kappa shape index (κ2) is 6.42. The molecule has 27 heavy (non-hydrogen) atoms. The Balaban J connectivity index is 1.70. The van der Waals surface area contributed by atoms with Gasteiger partial charge >= 0.3 is 0 Å². The molecule has 0 aliphatic heterocycles. The van der Waals surface area contributed by atoms with E-state index in [1.807, 2.05) is 54.3 Å². The molecule has 4 rings (SSSR count). The quantitative estimate of drug-likeness (QED) is 0.632. The van der Waals surface area contributed by atoms with Crippen molar-refractivity contribution in [2.75, 3.05) is 11.9 Å². The number of aromatic nitrogens is 2. The van der Waals surface area contributed by atoms with E-state index in [-0.39, 0.29) is 12.3 Å². The average Bonchev–Trinajstić information content (AvgIpc) is 3.20. The highest BCUT2D eigenvalue weighted by Crippen LogP contribution is 2.42. The van der Waals surface area contributed by atoms with Crippen LogP contribution in [0, 0.1) is 5.41 Å². The number of nitrogens with zero attached hydrogens (tertiary/aromatic N) is 3. The summed E-state index contributed by atoms with van der Waals surface area (Å²) in [6.45, 7) is 0. The van der Waals surface area contributed by atoms with Gasteiger partial charge in [0.1, 0.15) is 12.6 Å². The normalized spacial score (nSPS) is 14.9. The average molecular weight is 381 g/mol. The number of aryl methyl sites for hydroxylation is 1. The van der Waals surface area contributed by atoms with Gasteiger partial charge in [-0.3, -0.25) is 9.69 Å². The molecular weight excluding hydrogens is 362 g/mol. The number of thiazole rings is 1. The lowest BCUT2D eigenvalue weighted by molar-refractivity contribution is -0.670. The number of pyridine rings is 1. The lowest BCUT2D eigenvalue weighted by Gasteiger charge is -2.31. The largest absolute Gasteiger partial charge is 0.550 e. The number of carbonyl (C=O) groups excluding carboxylic acids is 2. The first-order chi connectivity index (χ1) is 12.9. The number of hydrogen-bond donors (Lipinski definition) is 0. The molecule has 1 aliphatic rings. The summed E-state index contributed by atoms with van der Waals surface area (Å²) in [7, 11) is 3.58. The monoisotopic (exact) mass is 381 g/mol. The maximum atomic E-state index is 13.4. The minimum atomic E-state index is -1.21. The molecule has 1 aromatic carbocycles. The molecule has 2 aromatic heterocycles. The highest BCUT2D eigenvalue weighted by atomic mass is 32.1. The molecule has 0 saturated heterocycles. The van der Waals surface area contributed by atoms with E-state index in [1.165, 1.54) is 16.2 Å². The molecule has 0 atom stereocenters. The second-order valence-corrected chi connectivity index (χ2v) is 8.18. The molecule has 1 amide bonds. The summed E-state index contributed by atoms with van der Waals surface area (Å²) in [5, 5.41) is 12.0. The zero-order chi connectivity index (χ0) is 19.2. The molecule has 138 valence electrons. The van der Waals surface area contributed by atoms with Gasteiger partial charge in [0, 0.05) is 25.5 Å². The van der Waals surface area contributed by atoms with Crippen molar-refractivity contribution in [2.24, 2.45) is 12.5 Å². The van der Waals surface area contributed by atoms with Crippen molar-refractivity contribution in [1.29, 1.82) is 0 Å². The summed E-state index contributed by atoms with van der Waals surface area (Å²) in [4.78, 5) is 30.9. The number of hydrogen-bond acceptors (Lipinski definition) is 5. The number of rotatable bonds is 4. The van der Waals surface area contributed by atoms with Crippen LogP contribution in [0.2, 0.25) is 0 Å². The third kappa shape index (κ3) is 3.08. The Morgan fingerprint density at radius 1 is 1.26 bits per heavy atom. The van der Waals surface area contributed by atoms with Crippen molar-refractivity contribution in [1.82, 2.24) is 4.98 Å². The SMILES string of the molecule is CN(C(=O)C1(CC(=O)[O-])Cc2ccccc2C1)c1nc2c[n+](C)ccc2s1. The van der Waals surface area contributed by atoms with E-state index in [0.29, 0.717) is 18.0 Å². The summed E-state index contributed by atoms with van der Waals surface area (Å²) in [6.07, 6.45) is 4.33. The van der Waals surface area contributed by atoms with E-state index in [1.54, 1.807) is 7.05 Å². The first-order valence-electron chi connectivity index (χ1n) is 8.69. The van der Waals surface area contributed by atoms with Crippen molar-refractivity contribution in [2.45, 2.75) is 19.3 Å². The predicted molar refractivity (Wildman–Crippen MR) is 100 cm³/mol. The number of fused-ring (bicyclic) bond motifs is 2. The van der Waals surface area contributed by atoms with Crippen LogP contribution in [-0.4, -0.2) is 23.9 Å². The fraction of sp³-hybridized carbons (Fsp3) is 0.300. The Labute approximate surface area is 160 Å². The van der Waals surface area contributed by atoms with E-state index >= 15 is 0 Å². The molecule has 0 bridgehead atoms. The molecule has 0 saturated carbocycles. The number of carbonyl (C=O) groups is 2. The van der Waals surface area contributed by atoms with Crippen LogP contribution in [-0.2, 0) is 29.5 Å². The van der Waals surface area contributed by atoms with Crippen LogP contribution in [0.3, 0.4) is 0 Å². The van der Waals surface area contributed by atoms with Gasteiger partial charge in [0.25, 0.3) is 0 Å². The summed E-state index contributed by atoms with van der Waals surface area (Å²) in [6, 6.07) is 9.69. The first-order valence-corrected chi connectivity index (χ1v) is 9.50. The third-order valence-electron chi connectivity index (χ3n) is 5.16. The van der Waals surface area contributed by atoms with Crippen LogP contribution in [0.15, 0.2) is 42.7 Å². The van der Waals surface area contributed by atoms with Crippen molar-refractivity contribution >= 4 is 38.6 Å². The zero-order valence-electron chi connectivity index (χ0n) is 15.1. The first kappa shape index (κ1) is 17.6. The molecular formula is C20H19N3O3S. The minimum Gasteiger partial charge on any atom is -0.550 e. The number of amides is 1. The van der Waals surface area contributed by atoms with Gasteiger partial charge in [-0.25, -0.2) is 9.55 Å². The van der Waals surface area contributed by atoms with Crippen LogP contribution >= 0.6 is 11.3 Å². The highest BCUT2D eigenvalue weighted by molar-refractivity contribution is 7.22. The van der Waals surface area contributed by atoms with E-state index in [2.05, 4.69) is 4.98 Å². The second-order valence-electron chi connectivity index (χ2n) is 7.17. The van der Waals surface area contributed by atoms with Crippen LogP contribution in [0.25, 0.3) is 10.2 Å². The molecule has 2 heterocycles. The van der Waals surface area contributed by atoms with Gasteiger partial charge in [0.15, 0.2) is 17.5 Å². The number of aliphatic carboxylic acids is 1. The van der Waals surface area contributed by atoms with Crippen LogP contribution in [0.1, 0.15) is 17.5 Å². The minimum absolute atomic E-state index is 0.230. The topological polar surface area (TPSA) is 77.2 Å². The maximum Gasteiger partial charge on any atom is 0.235 e. The Kier molecular flexibility index (Phi) is 4.19. The van der Waals surface area contributed by atoms with E-state index in [4.69, 9.17) is 0 Å². The summed E-state index contributed by atoms with van der Waals surface area (Å²) in [5.41, 5.74) is 1.83. The fourth-order valence-electron chi connectivity index (χ4n) is 3.87. The predicted octanol–water partition coefficient (Wildman–Crippen LogP) is 1.01. The Hall–Kier alpha value is -2.80. The van der Waals surface area contributed by atoms with Crippen molar-refractivity contribution in [3.8, 4) is 0 Å². The molecule has 3 aromatic rings. The maximum absolute atomic E-state index is 13.4. The molecule has 0 unspecified atom stereocenters. The molecule has 0 N–H and O–H groups in total. The Morgan fingerprint density at radius 3 is 2.56 bits per heavy atom. The third-order valence-corrected chi connectivity index (χ3v) is 6.27. The van der Waals surface area contributed by atoms with Crippen molar-refractivity contribution < 1.29 is 19.3 Å². The van der Waals surface area contributed by atoms with Crippen molar-refractivity contribution in [3.63, 3.8) is 0 Å². The van der Waals surface area contributed by atoms with Crippen LogP contribution < -0.4 is 14.6 Å². The lowest BCUT2D eigenvalue weighted by Crippen LogP contribution is -2.46. The van der Waals surface area contributed by atoms with Crippen LogP contribution in [0.4, 0.5) is 5.13 Å². The molecule has 0 radical (unpaired) electrons. The van der Waals surface area contributed by atoms with E-state index < -0.39 is 11.4 Å². The Bertz CT molecular complexity index is 1030. The van der Waals surface area contributed by atoms with Gasteiger partial charge in [-0.05, 0) is 24.0 Å². The standard InChI is InChI=1S/C20H19N3O3S/c1-22-8-7-16-15(12-22)21-19(27-16)23(2)18(26)20(11-17(24)25)9-13-5-3-4-6-14(13)10-20/h3-8,12H,9-11H2,1-2H3. The smallest absolute Gasteiger partial charge is 0.235 e. The molecule has 6 nitrogen and oxygen atoms in total. The van der Waals surface area contributed by atoms with Gasteiger partial charge in [-0.15, -0.1) is 0 Å². The number of carboxylic acids is 1. The van der Waals surface area contributed by atoms with E-state index in [9.17, 15) is 14.7 Å². The van der Waals surface area contributed by atoms with E-state index in [0.717, 1.165) is 21.3 Å². The van der Waals surface area contributed by atoms with Crippen molar-refractivity contribution in [3.05, 3.63) is 53.9 Å². The summed E-state index contributed by atoms with van der Waals surface area (Å²) in [5.74, 6) is -1.44. The molecule has 0 spiro atoms. The molecule has 0 fully saturated rings. The van der Waals surface area contributed by atoms with Gasteiger partial charge in [0.05, 0.1) is 10.1 Å². The number of benzene rings is 1. The Morgan fingerprint density at radius 2 is 1.93 bits per heavy atom. The van der Waals surface area contributed by atoms with Gasteiger partial charge < -0.3 is 9.90 Å². The fourth-order valence-corrected chi connectivity index (χ4v) is 4.77. The number of anilines is 1. The summed E-state index contributed by atoms with van der Waals surface area (Å²) < 4.78 is 2.88. The lowest BCUT2D eigenvalue weighted by atomic mass is 9.80. The van der Waals surface area contributed by atoms with Crippen LogP contribution in [0.5, 0.6) is 0 Å². The zero-order valence-corrected chi connectivity index (χ0v) is 16.0. The molecule has 1 aliphatic carbocycles.